The molecule has 1 rings (SSSR count). The Bertz CT molecular complexity index is 416. The minimum Gasteiger partial charge on any atom is -0.378 e. The first-order valence-corrected chi connectivity index (χ1v) is 6.09. The van der Waals surface area contributed by atoms with Gasteiger partial charge in [-0.2, -0.15) is 0 Å². The van der Waals surface area contributed by atoms with Crippen LogP contribution in [-0.2, 0) is 4.79 Å². The number of nitrogens with one attached hydrogen (secondary N) is 1. The van der Waals surface area contributed by atoms with Crippen LogP contribution in [0.3, 0.4) is 0 Å². The van der Waals surface area contributed by atoms with Crippen LogP contribution in [0.1, 0.15) is 22.8 Å². The molecule has 0 heterocycles. The highest BCUT2D eigenvalue weighted by molar-refractivity contribution is 5.81. The van der Waals surface area contributed by atoms with E-state index in [4.69, 9.17) is 0 Å². The van der Waals surface area contributed by atoms with E-state index in [0.717, 1.165) is 17.7 Å². The fraction of sp³-hybridized carbons (Fsp3) is 0.500. The fourth-order valence-electron chi connectivity index (χ4n) is 1.59. The first kappa shape index (κ1) is 14.7. The van der Waals surface area contributed by atoms with Crippen molar-refractivity contribution in [2.75, 3.05) is 27.2 Å². The van der Waals surface area contributed by atoms with Crippen molar-refractivity contribution < 1.29 is 9.90 Å². The molecular formula is C14H22N2O2. The van der Waals surface area contributed by atoms with E-state index in [2.05, 4.69) is 5.32 Å². The third kappa shape index (κ3) is 4.13. The Kier molecular flexibility index (Phi) is 5.31. The largest absolute Gasteiger partial charge is 0.378 e. The summed E-state index contributed by atoms with van der Waals surface area (Å²) in [5.74, 6) is -0.347. The first-order valence-electron chi connectivity index (χ1n) is 6.09. The predicted octanol–water partition coefficient (Wildman–Crippen LogP) is 1.01. The van der Waals surface area contributed by atoms with E-state index in [1.54, 1.807) is 6.07 Å². The van der Waals surface area contributed by atoms with Crippen molar-refractivity contribution in [2.45, 2.75) is 20.0 Å². The highest BCUT2D eigenvalue weighted by Gasteiger charge is 2.17. The Morgan fingerprint density at radius 2 is 2.00 bits per heavy atom. The number of carbonyl (C=O) groups excluding carboxylic acids is 1. The number of benzene rings is 1. The second kappa shape index (κ2) is 6.52. The highest BCUT2D eigenvalue weighted by Crippen LogP contribution is 2.17. The van der Waals surface area contributed by atoms with Crippen LogP contribution >= 0.6 is 0 Å². The summed E-state index contributed by atoms with van der Waals surface area (Å²) in [5, 5.41) is 12.7. The van der Waals surface area contributed by atoms with Gasteiger partial charge in [-0.1, -0.05) is 18.2 Å². The number of hydrogen-bond acceptors (Lipinski definition) is 3. The van der Waals surface area contributed by atoms with Crippen molar-refractivity contribution in [3.8, 4) is 0 Å². The van der Waals surface area contributed by atoms with E-state index in [9.17, 15) is 9.90 Å². The molecule has 0 saturated heterocycles. The summed E-state index contributed by atoms with van der Waals surface area (Å²) in [7, 11) is 3.87. The topological polar surface area (TPSA) is 52.6 Å². The van der Waals surface area contributed by atoms with Crippen LogP contribution in [0, 0.1) is 13.8 Å². The summed E-state index contributed by atoms with van der Waals surface area (Å²) in [6.45, 7) is 5.26. The molecule has 4 heteroatoms. The number of likely N-dealkylation sites (N-methyl/N-ethyl adjacent to an activating group) is 1. The third-order valence-corrected chi connectivity index (χ3v) is 2.95. The van der Waals surface area contributed by atoms with Gasteiger partial charge in [-0.05, 0) is 44.6 Å². The Morgan fingerprint density at radius 3 is 2.56 bits per heavy atom. The summed E-state index contributed by atoms with van der Waals surface area (Å²) in [5.41, 5.74) is 2.87. The van der Waals surface area contributed by atoms with E-state index < -0.39 is 6.10 Å². The van der Waals surface area contributed by atoms with Gasteiger partial charge in [0.05, 0.1) is 0 Å². The average molecular weight is 250 g/mol. The number of nitrogens with zero attached hydrogens (tertiary/aromatic N) is 1. The van der Waals surface area contributed by atoms with Gasteiger partial charge < -0.3 is 15.3 Å². The first-order chi connectivity index (χ1) is 8.41. The minimum absolute atomic E-state index is 0.347. The van der Waals surface area contributed by atoms with Gasteiger partial charge in [0.25, 0.3) is 5.91 Å². The van der Waals surface area contributed by atoms with Crippen LogP contribution < -0.4 is 5.32 Å². The maximum atomic E-state index is 11.7. The average Bonchev–Trinajstić information content (AvgIpc) is 2.31. The standard InChI is InChI=1S/C14H22N2O2/c1-10-5-6-12(9-11(10)2)13(17)14(18)15-7-8-16(3)4/h5-6,9,13,17H,7-8H2,1-4H3,(H,15,18). The van der Waals surface area contributed by atoms with Crippen molar-refractivity contribution in [2.24, 2.45) is 0 Å². The zero-order valence-electron chi connectivity index (χ0n) is 11.5. The fourth-order valence-corrected chi connectivity index (χ4v) is 1.59. The zero-order chi connectivity index (χ0) is 13.7. The summed E-state index contributed by atoms with van der Waals surface area (Å²) in [6.07, 6.45) is -1.09. The molecule has 0 aromatic heterocycles. The van der Waals surface area contributed by atoms with Crippen molar-refractivity contribution in [1.82, 2.24) is 10.2 Å². The van der Waals surface area contributed by atoms with Gasteiger partial charge >= 0.3 is 0 Å². The van der Waals surface area contributed by atoms with Crippen LogP contribution in [0.15, 0.2) is 18.2 Å². The molecule has 0 fully saturated rings. The quantitative estimate of drug-likeness (QED) is 0.820. The molecule has 1 amide bonds. The smallest absolute Gasteiger partial charge is 0.253 e. The van der Waals surface area contributed by atoms with Crippen molar-refractivity contribution >= 4 is 5.91 Å². The Balaban J connectivity index is 2.60. The van der Waals surface area contributed by atoms with Crippen LogP contribution in [0.5, 0.6) is 0 Å². The van der Waals surface area contributed by atoms with Gasteiger partial charge in [0.2, 0.25) is 0 Å². The number of aryl methyl sites for hydroxylation is 2. The number of aliphatic hydroxyl groups excluding tert-OH is 1. The predicted molar refractivity (Wildman–Crippen MR) is 72.4 cm³/mol. The van der Waals surface area contributed by atoms with E-state index in [1.807, 2.05) is 45.0 Å². The molecule has 1 aromatic carbocycles. The van der Waals surface area contributed by atoms with E-state index in [1.165, 1.54) is 0 Å². The Morgan fingerprint density at radius 1 is 1.33 bits per heavy atom. The number of hydrogen-bond donors (Lipinski definition) is 2. The minimum atomic E-state index is -1.09. The molecule has 2 N–H and O–H groups in total. The summed E-state index contributed by atoms with van der Waals surface area (Å²) in [6, 6.07) is 5.56. The van der Waals surface area contributed by atoms with Crippen LogP contribution in [0.25, 0.3) is 0 Å². The molecule has 0 aliphatic heterocycles. The second-order valence-electron chi connectivity index (χ2n) is 4.84. The molecule has 0 saturated carbocycles. The lowest BCUT2D eigenvalue weighted by molar-refractivity contribution is -0.129. The normalized spacial score (nSPS) is 12.6. The lowest BCUT2D eigenvalue weighted by Gasteiger charge is -2.14. The highest BCUT2D eigenvalue weighted by atomic mass is 16.3. The monoisotopic (exact) mass is 250 g/mol. The van der Waals surface area contributed by atoms with E-state index >= 15 is 0 Å². The molecule has 0 spiro atoms. The summed E-state index contributed by atoms with van der Waals surface area (Å²) in [4.78, 5) is 13.7. The van der Waals surface area contributed by atoms with Crippen LogP contribution in [0.2, 0.25) is 0 Å². The lowest BCUT2D eigenvalue weighted by atomic mass is 10.0. The molecule has 4 nitrogen and oxygen atoms in total. The van der Waals surface area contributed by atoms with Crippen LogP contribution in [0.4, 0.5) is 0 Å². The zero-order valence-corrected chi connectivity index (χ0v) is 11.5. The van der Waals surface area contributed by atoms with Crippen molar-refractivity contribution in [1.29, 1.82) is 0 Å². The Labute approximate surface area is 109 Å². The molecule has 1 unspecified atom stereocenters. The molecule has 1 aromatic rings. The molecule has 0 aliphatic carbocycles. The maximum absolute atomic E-state index is 11.7. The number of aliphatic hydroxyl groups is 1. The molecule has 18 heavy (non-hydrogen) atoms. The van der Waals surface area contributed by atoms with E-state index in [-0.39, 0.29) is 5.91 Å². The van der Waals surface area contributed by atoms with Gasteiger partial charge in [-0.15, -0.1) is 0 Å². The van der Waals surface area contributed by atoms with Gasteiger partial charge in [-0.3, -0.25) is 4.79 Å². The van der Waals surface area contributed by atoms with Crippen molar-refractivity contribution in [3.63, 3.8) is 0 Å². The Hall–Kier alpha value is -1.39. The maximum Gasteiger partial charge on any atom is 0.253 e. The molecule has 100 valence electrons. The number of carbonyl (C=O) groups is 1. The molecule has 1 atom stereocenters. The molecule has 0 radical (unpaired) electrons. The van der Waals surface area contributed by atoms with Crippen molar-refractivity contribution in [3.05, 3.63) is 34.9 Å². The van der Waals surface area contributed by atoms with Crippen LogP contribution in [-0.4, -0.2) is 43.1 Å². The van der Waals surface area contributed by atoms with Gasteiger partial charge in [0.1, 0.15) is 0 Å². The van der Waals surface area contributed by atoms with Gasteiger partial charge in [0.15, 0.2) is 6.10 Å². The summed E-state index contributed by atoms with van der Waals surface area (Å²) < 4.78 is 0. The van der Waals surface area contributed by atoms with Gasteiger partial charge in [0, 0.05) is 13.1 Å². The lowest BCUT2D eigenvalue weighted by Crippen LogP contribution is -2.34. The number of rotatable bonds is 5. The molecule has 0 bridgehead atoms. The molecular weight excluding hydrogens is 228 g/mol. The van der Waals surface area contributed by atoms with Gasteiger partial charge in [-0.25, -0.2) is 0 Å². The van der Waals surface area contributed by atoms with E-state index in [0.29, 0.717) is 12.1 Å². The SMILES string of the molecule is Cc1ccc(C(O)C(=O)NCCN(C)C)cc1C. The summed E-state index contributed by atoms with van der Waals surface area (Å²) >= 11 is 0. The molecule has 0 aliphatic rings. The number of amides is 1. The third-order valence-electron chi connectivity index (χ3n) is 2.95. The second-order valence-corrected chi connectivity index (χ2v) is 4.84.